The van der Waals surface area contributed by atoms with Crippen LogP contribution in [0.4, 0.5) is 27.5 Å². The first-order valence-electron chi connectivity index (χ1n) is 18.2. The molecule has 0 atom stereocenters. The molecule has 0 bridgehead atoms. The van der Waals surface area contributed by atoms with Crippen LogP contribution in [0.15, 0.2) is 97.1 Å². The summed E-state index contributed by atoms with van der Waals surface area (Å²) in [6.45, 7) is 22.5. The summed E-state index contributed by atoms with van der Waals surface area (Å²) in [7, 11) is 1.31. The Morgan fingerprint density at radius 1 is 0.455 bits per heavy atom. The summed E-state index contributed by atoms with van der Waals surface area (Å²) in [5.74, 6) is -0.169. The maximum absolute atomic E-state index is 12.5. The van der Waals surface area contributed by atoms with E-state index < -0.39 is 27.9 Å². The highest BCUT2D eigenvalue weighted by Crippen LogP contribution is 2.30. The minimum Gasteiger partial charge on any atom is -0.456 e. The second-order valence-corrected chi connectivity index (χ2v) is 17.4. The first-order valence-corrected chi connectivity index (χ1v) is 18.2. The van der Waals surface area contributed by atoms with Crippen LogP contribution in [0, 0.1) is 16.2 Å². The highest BCUT2D eigenvalue weighted by atomic mass is 16.6. The molecule has 0 aliphatic rings. The summed E-state index contributed by atoms with van der Waals surface area (Å²) < 4.78 is 10.3. The molecule has 4 rings (SSSR count). The van der Waals surface area contributed by atoms with Gasteiger partial charge in [-0.25, -0.2) is 14.5 Å². The number of carbonyl (C=O) groups excluding carboxylic acids is 5. The van der Waals surface area contributed by atoms with E-state index in [9.17, 15) is 24.0 Å². The number of hydrogen-bond donors (Lipinski definition) is 1. The number of esters is 1. The molecule has 0 heterocycles. The summed E-state index contributed by atoms with van der Waals surface area (Å²) in [6.07, 6.45) is -0.560. The molecule has 1 amide bonds. The number of methoxy groups -OCH3 is 1. The number of carbonyl (C=O) groups is 5. The van der Waals surface area contributed by atoms with Gasteiger partial charge in [0.25, 0.3) is 0 Å². The first-order chi connectivity index (χ1) is 25.3. The Kier molecular flexibility index (Phi) is 13.8. The Morgan fingerprint density at radius 2 is 0.745 bits per heavy atom. The lowest BCUT2D eigenvalue weighted by Gasteiger charge is -2.23. The molecule has 0 radical (unpaired) electrons. The number of amides is 1. The summed E-state index contributed by atoms with van der Waals surface area (Å²) in [6, 6.07) is 28.2. The molecular formula is C46H56N2O7. The number of ether oxygens (including phenoxy) is 2. The molecule has 0 fully saturated rings. The van der Waals surface area contributed by atoms with E-state index in [2.05, 4.69) is 5.32 Å². The molecule has 55 heavy (non-hydrogen) atoms. The molecule has 9 nitrogen and oxygen atoms in total. The molecule has 1 N–H and O–H groups in total. The van der Waals surface area contributed by atoms with Gasteiger partial charge in [-0.05, 0) is 118 Å². The van der Waals surface area contributed by atoms with Gasteiger partial charge in [-0.2, -0.15) is 0 Å². The zero-order valence-corrected chi connectivity index (χ0v) is 34.5. The van der Waals surface area contributed by atoms with E-state index in [1.807, 2.05) is 119 Å². The van der Waals surface area contributed by atoms with Crippen LogP contribution in [0.25, 0.3) is 0 Å². The molecule has 0 unspecified atom stereocenters. The Hall–Kier alpha value is -5.57. The average Bonchev–Trinajstić information content (AvgIpc) is 3.10. The van der Waals surface area contributed by atoms with Crippen LogP contribution in [0.5, 0.6) is 0 Å². The molecule has 0 spiro atoms. The summed E-state index contributed by atoms with van der Waals surface area (Å²) >= 11 is 0. The van der Waals surface area contributed by atoms with Gasteiger partial charge in [0.2, 0.25) is 0 Å². The SMILES string of the molecule is CC(C)(C)OC(=O)c1ccc(Nc2ccc(C(=O)C(C)(C)C)cc2)cc1.COC(=O)N(c1ccc(C(=O)C(C)(C)C)cc1)c1ccc(C(=O)C(C)(C)C)cc1. The predicted molar refractivity (Wildman–Crippen MR) is 220 cm³/mol. The predicted octanol–water partition coefficient (Wildman–Crippen LogP) is 11.7. The standard InChI is InChI=1S/C24H29NO4.C22H27NO3/c1-23(2,3)20(26)16-8-12-18(13-9-16)25(22(28)29-7)19-14-10-17(11-15-19)21(27)24(4,5)6;1-21(2,3)19(24)15-7-11-17(12-8-15)23-18-13-9-16(10-14-18)20(25)26-22(4,5)6/h8-15H,1-7H3;7-14,23H,1-6H3. The van der Waals surface area contributed by atoms with Crippen LogP contribution in [0.3, 0.4) is 0 Å². The van der Waals surface area contributed by atoms with Gasteiger partial charge >= 0.3 is 12.1 Å². The molecule has 4 aromatic rings. The monoisotopic (exact) mass is 748 g/mol. The van der Waals surface area contributed by atoms with Crippen LogP contribution in [-0.4, -0.2) is 42.1 Å². The van der Waals surface area contributed by atoms with Crippen molar-refractivity contribution >= 4 is 52.2 Å². The van der Waals surface area contributed by atoms with Crippen LogP contribution < -0.4 is 10.2 Å². The van der Waals surface area contributed by atoms with Gasteiger partial charge in [0.05, 0.1) is 24.0 Å². The van der Waals surface area contributed by atoms with Gasteiger partial charge in [-0.15, -0.1) is 0 Å². The Balaban J connectivity index is 0.000000297. The molecular weight excluding hydrogens is 693 g/mol. The van der Waals surface area contributed by atoms with Gasteiger partial charge in [0.15, 0.2) is 17.3 Å². The Bertz CT molecular complexity index is 1900. The second kappa shape index (κ2) is 17.3. The van der Waals surface area contributed by atoms with Crippen molar-refractivity contribution in [2.75, 3.05) is 17.3 Å². The summed E-state index contributed by atoms with van der Waals surface area (Å²) in [4.78, 5) is 63.1. The second-order valence-electron chi connectivity index (χ2n) is 17.4. The summed E-state index contributed by atoms with van der Waals surface area (Å²) in [5, 5.41) is 3.26. The lowest BCUT2D eigenvalue weighted by molar-refractivity contribution is 0.00691. The van der Waals surface area contributed by atoms with Crippen molar-refractivity contribution in [3.05, 3.63) is 119 Å². The van der Waals surface area contributed by atoms with Crippen molar-refractivity contribution in [1.82, 2.24) is 0 Å². The lowest BCUT2D eigenvalue weighted by atomic mass is 9.86. The number of hydrogen-bond acceptors (Lipinski definition) is 8. The van der Waals surface area contributed by atoms with Crippen molar-refractivity contribution < 1.29 is 33.4 Å². The number of rotatable bonds is 8. The molecule has 4 aromatic carbocycles. The third-order valence-electron chi connectivity index (χ3n) is 8.13. The number of nitrogens with zero attached hydrogens (tertiary/aromatic N) is 1. The van der Waals surface area contributed by atoms with Gasteiger partial charge in [-0.3, -0.25) is 14.4 Å². The van der Waals surface area contributed by atoms with E-state index in [0.29, 0.717) is 33.6 Å². The third-order valence-corrected chi connectivity index (χ3v) is 8.13. The van der Waals surface area contributed by atoms with Crippen molar-refractivity contribution in [3.8, 4) is 0 Å². The van der Waals surface area contributed by atoms with E-state index in [1.54, 1.807) is 60.7 Å². The van der Waals surface area contributed by atoms with E-state index >= 15 is 0 Å². The number of anilines is 4. The zero-order valence-electron chi connectivity index (χ0n) is 34.5. The molecule has 9 heteroatoms. The smallest absolute Gasteiger partial charge is 0.418 e. The quantitative estimate of drug-likeness (QED) is 0.140. The van der Waals surface area contributed by atoms with Gasteiger partial charge in [0.1, 0.15) is 5.60 Å². The minimum atomic E-state index is -0.560. The fourth-order valence-electron chi connectivity index (χ4n) is 5.17. The largest absolute Gasteiger partial charge is 0.456 e. The molecule has 0 aliphatic carbocycles. The van der Waals surface area contributed by atoms with E-state index in [-0.39, 0.29) is 23.3 Å². The Morgan fingerprint density at radius 3 is 1.02 bits per heavy atom. The Labute approximate surface area is 326 Å². The summed E-state index contributed by atoms with van der Waals surface area (Å²) in [5.41, 5.74) is 3.35. The average molecular weight is 749 g/mol. The molecule has 0 aromatic heterocycles. The third kappa shape index (κ3) is 12.5. The van der Waals surface area contributed by atoms with Gasteiger partial charge < -0.3 is 14.8 Å². The molecule has 0 saturated carbocycles. The van der Waals surface area contributed by atoms with Crippen molar-refractivity contribution in [3.63, 3.8) is 0 Å². The number of Topliss-reactive ketones (excluding diaryl/α,β-unsaturated/α-hetero) is 3. The number of ketones is 3. The highest BCUT2D eigenvalue weighted by molar-refractivity contribution is 6.03. The topological polar surface area (TPSA) is 119 Å². The maximum atomic E-state index is 12.5. The minimum absolute atomic E-state index is 0.0266. The zero-order chi connectivity index (χ0) is 41.5. The van der Waals surface area contributed by atoms with E-state index in [1.165, 1.54) is 12.0 Å². The molecule has 0 aliphatic heterocycles. The van der Waals surface area contributed by atoms with Crippen LogP contribution in [-0.2, 0) is 9.47 Å². The molecule has 292 valence electrons. The van der Waals surface area contributed by atoms with Crippen LogP contribution in [0.2, 0.25) is 0 Å². The van der Waals surface area contributed by atoms with Crippen molar-refractivity contribution in [1.29, 1.82) is 0 Å². The van der Waals surface area contributed by atoms with Crippen molar-refractivity contribution in [2.45, 2.75) is 88.7 Å². The lowest BCUT2D eigenvalue weighted by Crippen LogP contribution is -2.26. The van der Waals surface area contributed by atoms with Crippen LogP contribution >= 0.6 is 0 Å². The fraction of sp³-hybridized carbons (Fsp3) is 0.370. The van der Waals surface area contributed by atoms with Crippen molar-refractivity contribution in [2.24, 2.45) is 16.2 Å². The highest BCUT2D eigenvalue weighted by Gasteiger charge is 2.26. The number of benzene rings is 4. The number of nitrogens with one attached hydrogen (secondary N) is 1. The van der Waals surface area contributed by atoms with E-state index in [0.717, 1.165) is 11.4 Å². The van der Waals surface area contributed by atoms with Gasteiger partial charge in [0, 0.05) is 44.3 Å². The fourth-order valence-corrected chi connectivity index (χ4v) is 5.17. The van der Waals surface area contributed by atoms with Crippen LogP contribution in [0.1, 0.15) is 125 Å². The van der Waals surface area contributed by atoms with E-state index in [4.69, 9.17) is 9.47 Å². The maximum Gasteiger partial charge on any atom is 0.418 e. The first kappa shape index (κ1) is 43.8. The molecule has 0 saturated heterocycles. The van der Waals surface area contributed by atoms with Gasteiger partial charge in [-0.1, -0.05) is 62.3 Å². The normalized spacial score (nSPS) is 11.7.